The molecule has 1 aromatic heterocycles. The summed E-state index contributed by atoms with van der Waals surface area (Å²) in [5, 5.41) is 3.89. The van der Waals surface area contributed by atoms with Gasteiger partial charge >= 0.3 is 6.03 Å². The van der Waals surface area contributed by atoms with Crippen LogP contribution in [-0.4, -0.2) is 61.3 Å². The van der Waals surface area contributed by atoms with Crippen molar-refractivity contribution >= 4 is 22.8 Å². The van der Waals surface area contributed by atoms with E-state index in [2.05, 4.69) is 20.2 Å². The number of amides is 2. The standard InChI is InChI=1S/C22H25N5O3/c1-29-19-12-17-18(13-20(19)30-2)24-15-25-21(17)26-8-10-27(11-9-26)22(28)23-14-16-6-4-3-5-7-16/h3-7,12-13,15H,8-11,14H2,1-2H3,(H,23,28). The largest absolute Gasteiger partial charge is 0.493 e. The molecule has 8 heteroatoms. The number of aromatic nitrogens is 2. The Labute approximate surface area is 175 Å². The Morgan fingerprint density at radius 3 is 2.40 bits per heavy atom. The number of rotatable bonds is 5. The minimum absolute atomic E-state index is 0.0440. The number of hydrogen-bond donors (Lipinski definition) is 1. The summed E-state index contributed by atoms with van der Waals surface area (Å²) in [5.74, 6) is 2.11. The lowest BCUT2D eigenvalue weighted by Crippen LogP contribution is -2.52. The zero-order chi connectivity index (χ0) is 20.9. The van der Waals surface area contributed by atoms with Gasteiger partial charge in [-0.15, -0.1) is 0 Å². The van der Waals surface area contributed by atoms with Crippen LogP contribution < -0.4 is 19.7 Å². The van der Waals surface area contributed by atoms with Crippen LogP contribution in [0.2, 0.25) is 0 Å². The molecule has 2 amide bonds. The Kier molecular flexibility index (Phi) is 5.83. The normalized spacial score (nSPS) is 13.9. The highest BCUT2D eigenvalue weighted by atomic mass is 16.5. The topological polar surface area (TPSA) is 79.8 Å². The zero-order valence-corrected chi connectivity index (χ0v) is 17.2. The molecular weight excluding hydrogens is 382 g/mol. The number of methoxy groups -OCH3 is 2. The molecule has 1 N–H and O–H groups in total. The fraction of sp³-hybridized carbons (Fsp3) is 0.318. The van der Waals surface area contributed by atoms with Crippen molar-refractivity contribution in [2.75, 3.05) is 45.3 Å². The molecule has 1 fully saturated rings. The van der Waals surface area contributed by atoms with E-state index >= 15 is 0 Å². The first-order valence-corrected chi connectivity index (χ1v) is 9.88. The highest BCUT2D eigenvalue weighted by Gasteiger charge is 2.23. The molecule has 3 aromatic rings. The van der Waals surface area contributed by atoms with Gasteiger partial charge in [-0.05, 0) is 11.6 Å². The molecular formula is C22H25N5O3. The van der Waals surface area contributed by atoms with Gasteiger partial charge in [-0.25, -0.2) is 14.8 Å². The van der Waals surface area contributed by atoms with Crippen molar-refractivity contribution in [1.82, 2.24) is 20.2 Å². The second-order valence-corrected chi connectivity index (χ2v) is 7.04. The van der Waals surface area contributed by atoms with Crippen molar-refractivity contribution in [3.05, 3.63) is 54.4 Å². The predicted octanol–water partition coefficient (Wildman–Crippen LogP) is 2.68. The van der Waals surface area contributed by atoms with E-state index in [1.807, 2.05) is 47.4 Å². The van der Waals surface area contributed by atoms with E-state index in [-0.39, 0.29) is 6.03 Å². The van der Waals surface area contributed by atoms with E-state index in [1.54, 1.807) is 20.5 Å². The number of fused-ring (bicyclic) bond motifs is 1. The minimum atomic E-state index is -0.0440. The third kappa shape index (κ3) is 4.07. The molecule has 1 aliphatic rings. The van der Waals surface area contributed by atoms with Gasteiger partial charge in [-0.2, -0.15) is 0 Å². The number of urea groups is 1. The van der Waals surface area contributed by atoms with Crippen LogP contribution in [0.1, 0.15) is 5.56 Å². The second kappa shape index (κ2) is 8.86. The smallest absolute Gasteiger partial charge is 0.317 e. The molecule has 0 radical (unpaired) electrons. The molecule has 0 saturated carbocycles. The van der Waals surface area contributed by atoms with Crippen molar-refractivity contribution in [2.45, 2.75) is 6.54 Å². The van der Waals surface area contributed by atoms with Gasteiger partial charge < -0.3 is 24.6 Å². The number of carbonyl (C=O) groups is 1. The van der Waals surface area contributed by atoms with Crippen LogP contribution in [0.15, 0.2) is 48.8 Å². The Morgan fingerprint density at radius 2 is 1.70 bits per heavy atom. The molecule has 0 spiro atoms. The van der Waals surface area contributed by atoms with Gasteiger partial charge in [-0.1, -0.05) is 30.3 Å². The number of ether oxygens (including phenoxy) is 2. The second-order valence-electron chi connectivity index (χ2n) is 7.04. The van der Waals surface area contributed by atoms with Crippen LogP contribution in [0.3, 0.4) is 0 Å². The van der Waals surface area contributed by atoms with Crippen LogP contribution in [-0.2, 0) is 6.54 Å². The van der Waals surface area contributed by atoms with Crippen LogP contribution in [0.4, 0.5) is 10.6 Å². The van der Waals surface area contributed by atoms with E-state index < -0.39 is 0 Å². The molecule has 4 rings (SSSR count). The van der Waals surface area contributed by atoms with Crippen molar-refractivity contribution in [3.63, 3.8) is 0 Å². The fourth-order valence-corrected chi connectivity index (χ4v) is 3.63. The zero-order valence-electron chi connectivity index (χ0n) is 17.2. The number of piperazine rings is 1. The summed E-state index contributed by atoms with van der Waals surface area (Å²) in [7, 11) is 3.22. The number of nitrogens with one attached hydrogen (secondary N) is 1. The van der Waals surface area contributed by atoms with Crippen molar-refractivity contribution < 1.29 is 14.3 Å². The molecule has 0 atom stereocenters. The number of hydrogen-bond acceptors (Lipinski definition) is 6. The lowest BCUT2D eigenvalue weighted by atomic mass is 10.2. The SMILES string of the molecule is COc1cc2ncnc(N3CCN(C(=O)NCc4ccccc4)CC3)c2cc1OC. The Hall–Kier alpha value is -3.55. The molecule has 1 saturated heterocycles. The van der Waals surface area contributed by atoms with E-state index in [0.717, 1.165) is 22.3 Å². The quantitative estimate of drug-likeness (QED) is 0.701. The predicted molar refractivity (Wildman–Crippen MR) is 115 cm³/mol. The van der Waals surface area contributed by atoms with Gasteiger partial charge in [0.25, 0.3) is 0 Å². The third-order valence-electron chi connectivity index (χ3n) is 5.27. The summed E-state index contributed by atoms with van der Waals surface area (Å²) < 4.78 is 10.8. The number of anilines is 1. The third-order valence-corrected chi connectivity index (χ3v) is 5.27. The highest BCUT2D eigenvalue weighted by Crippen LogP contribution is 2.34. The average molecular weight is 407 g/mol. The van der Waals surface area contributed by atoms with Crippen molar-refractivity contribution in [3.8, 4) is 11.5 Å². The first-order valence-electron chi connectivity index (χ1n) is 9.88. The monoisotopic (exact) mass is 407 g/mol. The molecule has 0 unspecified atom stereocenters. The fourth-order valence-electron chi connectivity index (χ4n) is 3.63. The summed E-state index contributed by atoms with van der Waals surface area (Å²) in [5.41, 5.74) is 1.88. The molecule has 0 aliphatic carbocycles. The lowest BCUT2D eigenvalue weighted by Gasteiger charge is -2.35. The molecule has 1 aliphatic heterocycles. The summed E-state index contributed by atoms with van der Waals surface area (Å²) >= 11 is 0. The molecule has 2 heterocycles. The van der Waals surface area contributed by atoms with Crippen LogP contribution in [0, 0.1) is 0 Å². The van der Waals surface area contributed by atoms with Gasteiger partial charge in [0.2, 0.25) is 0 Å². The summed E-state index contributed by atoms with van der Waals surface area (Å²) in [6, 6.07) is 13.6. The summed E-state index contributed by atoms with van der Waals surface area (Å²) in [6.45, 7) is 3.16. The van der Waals surface area contributed by atoms with Gasteiger partial charge in [0.1, 0.15) is 12.1 Å². The van der Waals surface area contributed by atoms with Crippen molar-refractivity contribution in [2.24, 2.45) is 0 Å². The first kappa shape index (κ1) is 19.8. The van der Waals surface area contributed by atoms with Gasteiger partial charge in [0.05, 0.1) is 19.7 Å². The van der Waals surface area contributed by atoms with Gasteiger partial charge in [0, 0.05) is 44.2 Å². The Morgan fingerprint density at radius 1 is 1.00 bits per heavy atom. The highest BCUT2D eigenvalue weighted by molar-refractivity contribution is 5.92. The van der Waals surface area contributed by atoms with E-state index in [0.29, 0.717) is 44.2 Å². The molecule has 156 valence electrons. The van der Waals surface area contributed by atoms with Crippen LogP contribution in [0.25, 0.3) is 10.9 Å². The Bertz CT molecular complexity index is 1020. The summed E-state index contributed by atoms with van der Waals surface area (Å²) in [4.78, 5) is 25.4. The Balaban J connectivity index is 1.43. The maximum atomic E-state index is 12.5. The number of carbonyl (C=O) groups excluding carboxylic acids is 1. The van der Waals surface area contributed by atoms with Crippen LogP contribution >= 0.6 is 0 Å². The molecule has 2 aromatic carbocycles. The van der Waals surface area contributed by atoms with E-state index in [9.17, 15) is 4.79 Å². The maximum Gasteiger partial charge on any atom is 0.317 e. The first-order chi connectivity index (χ1) is 14.7. The average Bonchev–Trinajstić information content (AvgIpc) is 2.82. The van der Waals surface area contributed by atoms with Gasteiger partial charge in [0.15, 0.2) is 11.5 Å². The van der Waals surface area contributed by atoms with E-state index in [1.165, 1.54) is 0 Å². The minimum Gasteiger partial charge on any atom is -0.493 e. The maximum absolute atomic E-state index is 12.5. The molecule has 0 bridgehead atoms. The summed E-state index contributed by atoms with van der Waals surface area (Å²) in [6.07, 6.45) is 1.56. The molecule has 30 heavy (non-hydrogen) atoms. The van der Waals surface area contributed by atoms with Crippen molar-refractivity contribution in [1.29, 1.82) is 0 Å². The van der Waals surface area contributed by atoms with Crippen LogP contribution in [0.5, 0.6) is 11.5 Å². The lowest BCUT2D eigenvalue weighted by molar-refractivity contribution is 0.194. The number of nitrogens with zero attached hydrogens (tertiary/aromatic N) is 4. The van der Waals surface area contributed by atoms with Gasteiger partial charge in [-0.3, -0.25) is 0 Å². The molecule has 8 nitrogen and oxygen atoms in total. The number of benzene rings is 2. The van der Waals surface area contributed by atoms with E-state index in [4.69, 9.17) is 9.47 Å².